The molecule has 3 heterocycles. The number of pyridine rings is 1. The van der Waals surface area contributed by atoms with Gasteiger partial charge in [0.1, 0.15) is 5.82 Å². The second kappa shape index (κ2) is 6.41. The molecule has 0 radical (unpaired) electrons. The van der Waals surface area contributed by atoms with Crippen LogP contribution in [0.2, 0.25) is 0 Å². The Labute approximate surface area is 125 Å². The molecule has 1 aromatic rings. The molecular weight excluding hydrogens is 266 g/mol. The summed E-state index contributed by atoms with van der Waals surface area (Å²) in [5.41, 5.74) is 0.700. The van der Waals surface area contributed by atoms with Gasteiger partial charge < -0.3 is 20.4 Å². The maximum atomic E-state index is 12.2. The molecule has 2 N–H and O–H groups in total. The van der Waals surface area contributed by atoms with Crippen LogP contribution in [-0.4, -0.2) is 68.7 Å². The van der Waals surface area contributed by atoms with E-state index in [1.54, 1.807) is 12.3 Å². The van der Waals surface area contributed by atoms with Crippen LogP contribution in [0.3, 0.4) is 0 Å². The van der Waals surface area contributed by atoms with Crippen molar-refractivity contribution in [3.05, 3.63) is 23.9 Å². The second-order valence-electron chi connectivity index (χ2n) is 5.93. The smallest absolute Gasteiger partial charge is 0.251 e. The molecule has 3 rings (SSSR count). The summed E-state index contributed by atoms with van der Waals surface area (Å²) < 4.78 is 0. The Morgan fingerprint density at radius 3 is 2.81 bits per heavy atom. The number of carbonyl (C=O) groups is 1. The number of likely N-dealkylation sites (N-methyl/N-ethyl adjacent to an activating group) is 1. The summed E-state index contributed by atoms with van der Waals surface area (Å²) in [5, 5.41) is 6.21. The molecule has 0 bridgehead atoms. The molecule has 2 aliphatic rings. The maximum Gasteiger partial charge on any atom is 0.251 e. The number of rotatable bonds is 4. The normalized spacial score (nSPS) is 20.1. The zero-order valence-electron chi connectivity index (χ0n) is 12.5. The van der Waals surface area contributed by atoms with E-state index in [0.29, 0.717) is 11.5 Å². The minimum absolute atomic E-state index is 0.000299. The molecule has 0 unspecified atom stereocenters. The minimum atomic E-state index is -0.000299. The van der Waals surface area contributed by atoms with Crippen LogP contribution in [0, 0.1) is 5.92 Å². The van der Waals surface area contributed by atoms with Crippen LogP contribution in [0.1, 0.15) is 10.4 Å². The highest BCUT2D eigenvalue weighted by molar-refractivity contribution is 5.94. The fraction of sp³-hybridized carbons (Fsp3) is 0.600. The fourth-order valence-electron chi connectivity index (χ4n) is 2.60. The zero-order chi connectivity index (χ0) is 14.7. The Morgan fingerprint density at radius 2 is 2.14 bits per heavy atom. The number of amides is 1. The van der Waals surface area contributed by atoms with Crippen molar-refractivity contribution >= 4 is 11.7 Å². The van der Waals surface area contributed by atoms with Crippen molar-refractivity contribution in [2.75, 3.05) is 57.8 Å². The van der Waals surface area contributed by atoms with Crippen molar-refractivity contribution in [3.8, 4) is 0 Å². The molecule has 114 valence electrons. The molecule has 0 saturated carbocycles. The van der Waals surface area contributed by atoms with Crippen molar-refractivity contribution < 1.29 is 4.79 Å². The number of anilines is 1. The highest BCUT2D eigenvalue weighted by Gasteiger charge is 2.19. The van der Waals surface area contributed by atoms with Gasteiger partial charge in [-0.25, -0.2) is 4.98 Å². The van der Waals surface area contributed by atoms with Gasteiger partial charge in [-0.15, -0.1) is 0 Å². The van der Waals surface area contributed by atoms with Gasteiger partial charge in [-0.05, 0) is 19.2 Å². The first kappa shape index (κ1) is 14.3. The summed E-state index contributed by atoms with van der Waals surface area (Å²) in [6.07, 6.45) is 1.73. The van der Waals surface area contributed by atoms with Crippen molar-refractivity contribution in [1.82, 2.24) is 20.5 Å². The first-order chi connectivity index (χ1) is 10.2. The van der Waals surface area contributed by atoms with E-state index < -0.39 is 0 Å². The summed E-state index contributed by atoms with van der Waals surface area (Å²) in [6, 6.07) is 3.69. The van der Waals surface area contributed by atoms with E-state index in [1.165, 1.54) is 0 Å². The van der Waals surface area contributed by atoms with Gasteiger partial charge in [-0.1, -0.05) is 0 Å². The van der Waals surface area contributed by atoms with Crippen LogP contribution in [0.15, 0.2) is 18.3 Å². The Balaban J connectivity index is 1.60. The summed E-state index contributed by atoms with van der Waals surface area (Å²) in [4.78, 5) is 21.1. The molecule has 1 amide bonds. The van der Waals surface area contributed by atoms with Crippen LogP contribution in [0.4, 0.5) is 5.82 Å². The van der Waals surface area contributed by atoms with E-state index in [1.807, 2.05) is 6.07 Å². The quantitative estimate of drug-likeness (QED) is 0.803. The molecule has 21 heavy (non-hydrogen) atoms. The number of nitrogens with zero attached hydrogens (tertiary/aromatic N) is 3. The average Bonchev–Trinajstić information content (AvgIpc) is 2.46. The molecule has 2 saturated heterocycles. The molecule has 0 atom stereocenters. The van der Waals surface area contributed by atoms with Crippen LogP contribution in [-0.2, 0) is 0 Å². The van der Waals surface area contributed by atoms with Crippen molar-refractivity contribution in [1.29, 1.82) is 0 Å². The standard InChI is InChI=1S/C15H23N5O/c1-19-4-6-20(7-5-19)14-8-13(2-3-17-14)15(21)18-11-12-9-16-10-12/h2-3,8,12,16H,4-7,9-11H2,1H3,(H,18,21). The fourth-order valence-corrected chi connectivity index (χ4v) is 2.60. The third-order valence-electron chi connectivity index (χ3n) is 4.25. The molecule has 0 aliphatic carbocycles. The first-order valence-electron chi connectivity index (χ1n) is 7.61. The van der Waals surface area contributed by atoms with Gasteiger partial charge in [0.2, 0.25) is 0 Å². The Hall–Kier alpha value is -1.66. The Bertz CT molecular complexity index is 495. The number of hydrogen-bond donors (Lipinski definition) is 2. The average molecular weight is 289 g/mol. The van der Waals surface area contributed by atoms with Gasteiger partial charge in [0.25, 0.3) is 5.91 Å². The number of aromatic nitrogens is 1. The third-order valence-corrected chi connectivity index (χ3v) is 4.25. The lowest BCUT2D eigenvalue weighted by atomic mass is 10.0. The van der Waals surface area contributed by atoms with Gasteiger partial charge in [0.15, 0.2) is 0 Å². The monoisotopic (exact) mass is 289 g/mol. The van der Waals surface area contributed by atoms with Crippen molar-refractivity contribution in [3.63, 3.8) is 0 Å². The van der Waals surface area contributed by atoms with Gasteiger partial charge in [-0.2, -0.15) is 0 Å². The first-order valence-corrected chi connectivity index (χ1v) is 7.61. The third kappa shape index (κ3) is 3.51. The van der Waals surface area contributed by atoms with Crippen molar-refractivity contribution in [2.24, 2.45) is 5.92 Å². The molecule has 2 aliphatic heterocycles. The van der Waals surface area contributed by atoms with Crippen molar-refractivity contribution in [2.45, 2.75) is 0 Å². The van der Waals surface area contributed by atoms with E-state index in [9.17, 15) is 4.79 Å². The lowest BCUT2D eigenvalue weighted by Gasteiger charge is -2.33. The zero-order valence-corrected chi connectivity index (χ0v) is 12.5. The van der Waals surface area contributed by atoms with Gasteiger partial charge in [0.05, 0.1) is 0 Å². The Kier molecular flexibility index (Phi) is 4.36. The highest BCUT2D eigenvalue weighted by atomic mass is 16.1. The second-order valence-corrected chi connectivity index (χ2v) is 5.93. The maximum absolute atomic E-state index is 12.2. The van der Waals surface area contributed by atoms with E-state index in [-0.39, 0.29) is 5.91 Å². The van der Waals surface area contributed by atoms with E-state index in [0.717, 1.165) is 51.6 Å². The predicted molar refractivity (Wildman–Crippen MR) is 82.6 cm³/mol. The molecule has 1 aromatic heterocycles. The molecule has 0 spiro atoms. The summed E-state index contributed by atoms with van der Waals surface area (Å²) in [7, 11) is 2.13. The lowest BCUT2D eigenvalue weighted by Crippen LogP contribution is -2.48. The molecule has 0 aromatic carbocycles. The topological polar surface area (TPSA) is 60.5 Å². The van der Waals surface area contributed by atoms with Crippen LogP contribution in [0.5, 0.6) is 0 Å². The lowest BCUT2D eigenvalue weighted by molar-refractivity contribution is 0.0942. The summed E-state index contributed by atoms with van der Waals surface area (Å²) in [5.74, 6) is 1.48. The van der Waals surface area contributed by atoms with E-state index >= 15 is 0 Å². The van der Waals surface area contributed by atoms with E-state index in [4.69, 9.17) is 0 Å². The van der Waals surface area contributed by atoms with E-state index in [2.05, 4.69) is 32.5 Å². The summed E-state index contributed by atoms with van der Waals surface area (Å²) in [6.45, 7) is 6.74. The minimum Gasteiger partial charge on any atom is -0.354 e. The largest absolute Gasteiger partial charge is 0.354 e. The predicted octanol–water partition coefficient (Wildman–Crippen LogP) is -0.217. The van der Waals surface area contributed by atoms with Crippen LogP contribution >= 0.6 is 0 Å². The SMILES string of the molecule is CN1CCN(c2cc(C(=O)NCC3CNC3)ccn2)CC1. The molecular formula is C15H23N5O. The molecule has 6 nitrogen and oxygen atoms in total. The van der Waals surface area contributed by atoms with Crippen LogP contribution in [0.25, 0.3) is 0 Å². The molecule has 6 heteroatoms. The van der Waals surface area contributed by atoms with Gasteiger partial charge in [0, 0.05) is 63.5 Å². The highest BCUT2D eigenvalue weighted by Crippen LogP contribution is 2.15. The number of nitrogens with one attached hydrogen (secondary N) is 2. The molecule has 2 fully saturated rings. The van der Waals surface area contributed by atoms with Gasteiger partial charge >= 0.3 is 0 Å². The van der Waals surface area contributed by atoms with Gasteiger partial charge in [-0.3, -0.25) is 4.79 Å². The summed E-state index contributed by atoms with van der Waals surface area (Å²) >= 11 is 0. The number of carbonyl (C=O) groups excluding carboxylic acids is 1. The number of piperazine rings is 1. The number of hydrogen-bond acceptors (Lipinski definition) is 5. The van der Waals surface area contributed by atoms with Crippen LogP contribution < -0.4 is 15.5 Å². The Morgan fingerprint density at radius 1 is 1.38 bits per heavy atom.